The summed E-state index contributed by atoms with van der Waals surface area (Å²) in [5.41, 5.74) is 4.44. The number of carbonyl (C=O) groups excluding carboxylic acids is 1. The lowest BCUT2D eigenvalue weighted by molar-refractivity contribution is -0.129. The standard InChI is InChI=1S/C13H13FN6O2.C2H6/c1-13(2)11(21)19-10-7(22-13)3-4-8(18-10)17-9-6(14)5-16-12(15)20-9;1-2/h3-5H,1-2H3,(H4,15,16,17,18,19,20,21);1-2H3. The van der Waals surface area contributed by atoms with Crippen molar-refractivity contribution >= 4 is 29.3 Å². The van der Waals surface area contributed by atoms with Gasteiger partial charge in [0.1, 0.15) is 5.82 Å². The summed E-state index contributed by atoms with van der Waals surface area (Å²) in [6.07, 6.45) is 0.955. The SMILES string of the molecule is CC.CC1(C)Oc2ccc(Nc3nc(N)ncc3F)nc2NC1=O. The van der Waals surface area contributed by atoms with Crippen LogP contribution in [0.3, 0.4) is 0 Å². The van der Waals surface area contributed by atoms with E-state index in [-0.39, 0.29) is 29.3 Å². The Hall–Kier alpha value is -2.97. The van der Waals surface area contributed by atoms with Crippen molar-refractivity contribution in [3.8, 4) is 5.75 Å². The number of nitrogen functional groups attached to an aromatic ring is 1. The van der Waals surface area contributed by atoms with Crippen molar-refractivity contribution in [3.05, 3.63) is 24.1 Å². The number of hydrogen-bond acceptors (Lipinski definition) is 7. The zero-order chi connectivity index (χ0) is 17.9. The highest BCUT2D eigenvalue weighted by atomic mass is 19.1. The number of aromatic nitrogens is 3. The average molecular weight is 334 g/mol. The molecule has 4 N–H and O–H groups in total. The van der Waals surface area contributed by atoms with Gasteiger partial charge in [-0.2, -0.15) is 4.98 Å². The van der Waals surface area contributed by atoms with Gasteiger partial charge in [0.25, 0.3) is 5.91 Å². The Morgan fingerprint density at radius 2 is 2.00 bits per heavy atom. The molecule has 0 aromatic carbocycles. The van der Waals surface area contributed by atoms with Crippen LogP contribution in [0.4, 0.5) is 27.8 Å². The van der Waals surface area contributed by atoms with Crippen molar-refractivity contribution in [3.63, 3.8) is 0 Å². The molecule has 2 aromatic rings. The number of rotatable bonds is 2. The van der Waals surface area contributed by atoms with E-state index in [0.29, 0.717) is 5.75 Å². The summed E-state index contributed by atoms with van der Waals surface area (Å²) in [7, 11) is 0. The van der Waals surface area contributed by atoms with E-state index >= 15 is 0 Å². The van der Waals surface area contributed by atoms with Crippen molar-refractivity contribution < 1.29 is 13.9 Å². The molecule has 0 aliphatic carbocycles. The van der Waals surface area contributed by atoms with Gasteiger partial charge in [-0.05, 0) is 26.0 Å². The molecule has 0 fully saturated rings. The highest BCUT2D eigenvalue weighted by Crippen LogP contribution is 2.33. The molecule has 0 saturated heterocycles. The molecule has 2 aromatic heterocycles. The van der Waals surface area contributed by atoms with Crippen LogP contribution < -0.4 is 21.1 Å². The maximum Gasteiger partial charge on any atom is 0.269 e. The number of nitrogens with one attached hydrogen (secondary N) is 2. The van der Waals surface area contributed by atoms with E-state index in [9.17, 15) is 9.18 Å². The van der Waals surface area contributed by atoms with Crippen LogP contribution in [0.1, 0.15) is 27.7 Å². The van der Waals surface area contributed by atoms with E-state index in [1.54, 1.807) is 26.0 Å². The predicted molar refractivity (Wildman–Crippen MR) is 88.6 cm³/mol. The van der Waals surface area contributed by atoms with Gasteiger partial charge in [0.2, 0.25) is 5.95 Å². The maximum absolute atomic E-state index is 13.6. The predicted octanol–water partition coefficient (Wildman–Crippen LogP) is 2.47. The third-order valence-electron chi connectivity index (χ3n) is 3.01. The molecular weight excluding hydrogens is 315 g/mol. The molecule has 24 heavy (non-hydrogen) atoms. The molecule has 0 bridgehead atoms. The molecule has 0 radical (unpaired) electrons. The number of carbonyl (C=O) groups is 1. The number of amides is 1. The summed E-state index contributed by atoms with van der Waals surface area (Å²) in [6, 6.07) is 3.19. The van der Waals surface area contributed by atoms with Crippen LogP contribution in [0, 0.1) is 5.82 Å². The van der Waals surface area contributed by atoms with E-state index in [2.05, 4.69) is 25.6 Å². The summed E-state index contributed by atoms with van der Waals surface area (Å²) in [6.45, 7) is 7.30. The second-order valence-corrected chi connectivity index (χ2v) is 5.16. The molecule has 8 nitrogen and oxygen atoms in total. The minimum Gasteiger partial charge on any atom is -0.474 e. The molecule has 0 atom stereocenters. The number of fused-ring (bicyclic) bond motifs is 1. The van der Waals surface area contributed by atoms with Gasteiger partial charge in [-0.1, -0.05) is 13.8 Å². The Kier molecular flexibility index (Phi) is 4.82. The minimum absolute atomic E-state index is 0.0692. The van der Waals surface area contributed by atoms with Gasteiger partial charge in [-0.3, -0.25) is 4.79 Å². The van der Waals surface area contributed by atoms with Crippen LogP contribution in [0.15, 0.2) is 18.3 Å². The van der Waals surface area contributed by atoms with Crippen molar-refractivity contribution in [2.75, 3.05) is 16.4 Å². The first kappa shape index (κ1) is 17.4. The van der Waals surface area contributed by atoms with Crippen molar-refractivity contribution in [1.29, 1.82) is 0 Å². The number of anilines is 4. The van der Waals surface area contributed by atoms with Gasteiger partial charge in [0.15, 0.2) is 28.8 Å². The molecule has 128 valence electrons. The lowest BCUT2D eigenvalue weighted by Crippen LogP contribution is -2.46. The lowest BCUT2D eigenvalue weighted by atomic mass is 10.1. The third kappa shape index (κ3) is 3.50. The highest BCUT2D eigenvalue weighted by molar-refractivity contribution is 5.99. The number of hydrogen-bond donors (Lipinski definition) is 3. The van der Waals surface area contributed by atoms with Gasteiger partial charge in [0, 0.05) is 0 Å². The van der Waals surface area contributed by atoms with Crippen LogP contribution in [0.2, 0.25) is 0 Å². The number of nitrogens with zero attached hydrogens (tertiary/aromatic N) is 3. The molecule has 1 amide bonds. The maximum atomic E-state index is 13.6. The van der Waals surface area contributed by atoms with E-state index < -0.39 is 11.4 Å². The second-order valence-electron chi connectivity index (χ2n) is 5.16. The summed E-state index contributed by atoms with van der Waals surface area (Å²) in [5.74, 6) is -0.213. The number of halogens is 1. The first-order valence-electron chi connectivity index (χ1n) is 7.42. The Morgan fingerprint density at radius 3 is 2.71 bits per heavy atom. The number of pyridine rings is 1. The number of ether oxygens (including phenoxy) is 1. The van der Waals surface area contributed by atoms with Crippen molar-refractivity contribution in [1.82, 2.24) is 15.0 Å². The second kappa shape index (κ2) is 6.65. The summed E-state index contributed by atoms with van der Waals surface area (Å²) < 4.78 is 19.2. The number of nitrogens with two attached hydrogens (primary N) is 1. The summed E-state index contributed by atoms with van der Waals surface area (Å²) >= 11 is 0. The van der Waals surface area contributed by atoms with E-state index in [1.165, 1.54) is 0 Å². The molecule has 1 aliphatic rings. The fourth-order valence-electron chi connectivity index (χ4n) is 1.86. The normalized spacial score (nSPS) is 14.5. The van der Waals surface area contributed by atoms with Gasteiger partial charge >= 0.3 is 0 Å². The first-order valence-corrected chi connectivity index (χ1v) is 7.42. The fourth-order valence-corrected chi connectivity index (χ4v) is 1.86. The van der Waals surface area contributed by atoms with Crippen molar-refractivity contribution in [2.45, 2.75) is 33.3 Å². The molecular formula is C15H19FN6O2. The summed E-state index contributed by atoms with van der Waals surface area (Å²) in [4.78, 5) is 23.3. The van der Waals surface area contributed by atoms with Crippen LogP contribution in [-0.2, 0) is 4.79 Å². The molecule has 0 saturated carbocycles. The summed E-state index contributed by atoms with van der Waals surface area (Å²) in [5, 5.41) is 5.31. The topological polar surface area (TPSA) is 115 Å². The zero-order valence-corrected chi connectivity index (χ0v) is 13.8. The monoisotopic (exact) mass is 334 g/mol. The molecule has 0 unspecified atom stereocenters. The molecule has 1 aliphatic heterocycles. The molecule has 0 spiro atoms. The van der Waals surface area contributed by atoms with Crippen molar-refractivity contribution in [2.24, 2.45) is 0 Å². The van der Waals surface area contributed by atoms with E-state index in [4.69, 9.17) is 10.5 Å². The van der Waals surface area contributed by atoms with Crippen LogP contribution in [-0.4, -0.2) is 26.5 Å². The van der Waals surface area contributed by atoms with Gasteiger partial charge in [-0.25, -0.2) is 14.4 Å². The van der Waals surface area contributed by atoms with Crippen LogP contribution in [0.25, 0.3) is 0 Å². The van der Waals surface area contributed by atoms with Gasteiger partial charge < -0.3 is 21.1 Å². The highest BCUT2D eigenvalue weighted by Gasteiger charge is 2.36. The Labute approximate surface area is 138 Å². The van der Waals surface area contributed by atoms with Crippen LogP contribution >= 0.6 is 0 Å². The Bertz CT molecular complexity index is 766. The smallest absolute Gasteiger partial charge is 0.269 e. The van der Waals surface area contributed by atoms with Gasteiger partial charge in [0.05, 0.1) is 6.20 Å². The van der Waals surface area contributed by atoms with Gasteiger partial charge in [-0.15, -0.1) is 0 Å². The van der Waals surface area contributed by atoms with Crippen LogP contribution in [0.5, 0.6) is 5.75 Å². The molecule has 3 rings (SSSR count). The average Bonchev–Trinajstić information content (AvgIpc) is 2.54. The molecule has 3 heterocycles. The van der Waals surface area contributed by atoms with E-state index in [0.717, 1.165) is 6.20 Å². The third-order valence-corrected chi connectivity index (χ3v) is 3.01. The zero-order valence-electron chi connectivity index (χ0n) is 13.8. The Morgan fingerprint density at radius 1 is 1.29 bits per heavy atom. The lowest BCUT2D eigenvalue weighted by Gasteiger charge is -2.30. The largest absolute Gasteiger partial charge is 0.474 e. The Balaban J connectivity index is 0.00000100. The fraction of sp³-hybridized carbons (Fsp3) is 0.333. The quantitative estimate of drug-likeness (QED) is 0.772. The van der Waals surface area contributed by atoms with E-state index in [1.807, 2.05) is 13.8 Å². The molecule has 9 heteroatoms. The minimum atomic E-state index is -0.975. The first-order chi connectivity index (χ1) is 11.3.